The van der Waals surface area contributed by atoms with Crippen molar-refractivity contribution in [2.24, 2.45) is 0 Å². The molecule has 2 heterocycles. The van der Waals surface area contributed by atoms with Crippen LogP contribution in [-0.4, -0.2) is 34.8 Å². The Bertz CT molecular complexity index is 486. The molecule has 6 nitrogen and oxygen atoms in total. The van der Waals surface area contributed by atoms with Gasteiger partial charge in [0.05, 0.1) is 0 Å². The van der Waals surface area contributed by atoms with Crippen molar-refractivity contribution in [3.8, 4) is 0 Å². The smallest absolute Gasteiger partial charge is 0.270 e. The summed E-state index contributed by atoms with van der Waals surface area (Å²) in [7, 11) is -4.14. The van der Waals surface area contributed by atoms with Crippen LogP contribution in [0.15, 0.2) is 12.4 Å². The topological polar surface area (TPSA) is 89.4 Å². The fraction of sp³-hybridized carbons (Fsp3) is 0.600. The first-order valence-electron chi connectivity index (χ1n) is 5.35. The van der Waals surface area contributed by atoms with E-state index in [1.54, 1.807) is 12.4 Å². The highest BCUT2D eigenvalue weighted by molar-refractivity contribution is 7.86. The fourth-order valence-corrected chi connectivity index (χ4v) is 2.83. The van der Waals surface area contributed by atoms with Gasteiger partial charge in [0.1, 0.15) is 11.4 Å². The highest BCUT2D eigenvalue weighted by Crippen LogP contribution is 2.30. The van der Waals surface area contributed by atoms with Gasteiger partial charge in [-0.2, -0.15) is 8.42 Å². The van der Waals surface area contributed by atoms with Crippen molar-refractivity contribution in [2.75, 3.05) is 6.61 Å². The minimum absolute atomic E-state index is 0.304. The van der Waals surface area contributed by atoms with Gasteiger partial charge in [0.15, 0.2) is 5.82 Å². The summed E-state index contributed by atoms with van der Waals surface area (Å²) in [4.78, 5) is 8.11. The van der Waals surface area contributed by atoms with Crippen LogP contribution in [0, 0.1) is 6.92 Å². The largest absolute Gasteiger partial charge is 0.369 e. The maximum atomic E-state index is 11.3. The third-order valence-electron chi connectivity index (χ3n) is 2.71. The van der Waals surface area contributed by atoms with Gasteiger partial charge in [-0.1, -0.05) is 0 Å². The normalized spacial score (nSPS) is 25.8. The maximum Gasteiger partial charge on any atom is 0.270 e. The van der Waals surface area contributed by atoms with Crippen LogP contribution in [0.4, 0.5) is 0 Å². The van der Waals surface area contributed by atoms with E-state index in [2.05, 4.69) is 9.97 Å². The molecule has 2 rings (SSSR count). The monoisotopic (exact) mass is 258 g/mol. The molecule has 7 heteroatoms. The van der Waals surface area contributed by atoms with Crippen molar-refractivity contribution >= 4 is 10.1 Å². The number of hydrogen-bond donors (Lipinski definition) is 1. The molecule has 1 N–H and O–H groups in total. The van der Waals surface area contributed by atoms with Gasteiger partial charge in [0.2, 0.25) is 0 Å². The van der Waals surface area contributed by atoms with Gasteiger partial charge in [-0.25, -0.2) is 9.97 Å². The summed E-state index contributed by atoms with van der Waals surface area (Å²) in [5, 5.41) is -0.973. The molecule has 17 heavy (non-hydrogen) atoms. The van der Waals surface area contributed by atoms with Gasteiger partial charge in [0, 0.05) is 19.0 Å². The predicted octanol–water partition coefficient (Wildman–Crippen LogP) is 0.893. The fourth-order valence-electron chi connectivity index (χ4n) is 1.85. The molecule has 1 aliphatic rings. The summed E-state index contributed by atoms with van der Waals surface area (Å²) in [6.07, 6.45) is 3.38. The van der Waals surface area contributed by atoms with Crippen molar-refractivity contribution in [2.45, 2.75) is 31.1 Å². The highest BCUT2D eigenvalue weighted by Gasteiger charge is 2.38. The zero-order valence-corrected chi connectivity index (χ0v) is 10.2. The molecule has 1 aromatic rings. The molecule has 0 bridgehead atoms. The Morgan fingerprint density at radius 2 is 2.06 bits per heavy atom. The van der Waals surface area contributed by atoms with E-state index in [0.29, 0.717) is 25.3 Å². The third kappa shape index (κ3) is 2.80. The number of nitrogens with zero attached hydrogens (tertiary/aromatic N) is 2. The summed E-state index contributed by atoms with van der Waals surface area (Å²) in [5.41, 5.74) is 0.882. The van der Waals surface area contributed by atoms with Crippen LogP contribution in [0.3, 0.4) is 0 Å². The minimum atomic E-state index is -4.14. The molecule has 0 amide bonds. The molecule has 1 aliphatic heterocycles. The Morgan fingerprint density at radius 1 is 1.41 bits per heavy atom. The van der Waals surface area contributed by atoms with E-state index in [1.165, 1.54) is 0 Å². The van der Waals surface area contributed by atoms with E-state index in [-0.39, 0.29) is 0 Å². The van der Waals surface area contributed by atoms with Crippen LogP contribution < -0.4 is 0 Å². The molecule has 94 valence electrons. The van der Waals surface area contributed by atoms with E-state index < -0.39 is 21.5 Å². The lowest BCUT2D eigenvalue weighted by atomic mass is 10.1. The first kappa shape index (κ1) is 12.4. The van der Waals surface area contributed by atoms with Crippen LogP contribution in [-0.2, 0) is 14.9 Å². The first-order chi connectivity index (χ1) is 7.98. The van der Waals surface area contributed by atoms with Crippen LogP contribution >= 0.6 is 0 Å². The Labute approximate surface area is 99.8 Å². The lowest BCUT2D eigenvalue weighted by Crippen LogP contribution is -2.34. The number of rotatable bonds is 2. The maximum absolute atomic E-state index is 11.3. The van der Waals surface area contributed by atoms with Gasteiger partial charge >= 0.3 is 0 Å². The van der Waals surface area contributed by atoms with E-state index in [0.717, 1.165) is 5.56 Å². The third-order valence-corrected chi connectivity index (χ3v) is 3.95. The van der Waals surface area contributed by atoms with Crippen LogP contribution in [0.5, 0.6) is 0 Å². The van der Waals surface area contributed by atoms with Gasteiger partial charge in [-0.3, -0.25) is 4.55 Å². The van der Waals surface area contributed by atoms with Crippen molar-refractivity contribution in [3.05, 3.63) is 23.8 Å². The van der Waals surface area contributed by atoms with Crippen molar-refractivity contribution < 1.29 is 17.7 Å². The van der Waals surface area contributed by atoms with Crippen molar-refractivity contribution in [3.63, 3.8) is 0 Å². The molecule has 0 aromatic carbocycles. The average molecular weight is 258 g/mol. The van der Waals surface area contributed by atoms with E-state index in [1.807, 2.05) is 6.92 Å². The Balaban J connectivity index is 2.31. The minimum Gasteiger partial charge on any atom is -0.369 e. The molecule has 1 aromatic heterocycles. The molecule has 1 saturated heterocycles. The summed E-state index contributed by atoms with van der Waals surface area (Å²) in [6, 6.07) is 0. The second kappa shape index (κ2) is 4.67. The summed E-state index contributed by atoms with van der Waals surface area (Å²) in [6.45, 7) is 2.29. The zero-order chi connectivity index (χ0) is 12.5. The summed E-state index contributed by atoms with van der Waals surface area (Å²) < 4.78 is 37.1. The molecule has 0 radical (unpaired) electrons. The van der Waals surface area contributed by atoms with E-state index in [9.17, 15) is 8.42 Å². The van der Waals surface area contributed by atoms with Crippen LogP contribution in [0.1, 0.15) is 30.3 Å². The molecular weight excluding hydrogens is 244 g/mol. The number of ether oxygens (including phenoxy) is 1. The second-order valence-corrected chi connectivity index (χ2v) is 5.74. The predicted molar refractivity (Wildman–Crippen MR) is 60.0 cm³/mol. The van der Waals surface area contributed by atoms with Gasteiger partial charge < -0.3 is 4.74 Å². The molecule has 0 spiro atoms. The number of hydrogen-bond acceptors (Lipinski definition) is 5. The molecule has 2 atom stereocenters. The zero-order valence-electron chi connectivity index (χ0n) is 9.41. The van der Waals surface area contributed by atoms with Gasteiger partial charge in [0.25, 0.3) is 10.1 Å². The van der Waals surface area contributed by atoms with E-state index in [4.69, 9.17) is 9.29 Å². The van der Waals surface area contributed by atoms with Crippen molar-refractivity contribution in [1.82, 2.24) is 9.97 Å². The Morgan fingerprint density at radius 3 is 2.65 bits per heavy atom. The lowest BCUT2D eigenvalue weighted by molar-refractivity contribution is 0.0108. The molecule has 0 aliphatic carbocycles. The standard InChI is InChI=1S/C10H14N2O4S/c1-7-5-11-10(12-6-7)9-8(17(13,14)15)3-2-4-16-9/h5-6,8-9H,2-4H2,1H3,(H,13,14,15)/t8-,9-/m1/s1. The number of aromatic nitrogens is 2. The summed E-state index contributed by atoms with van der Waals surface area (Å²) >= 11 is 0. The quantitative estimate of drug-likeness (QED) is 0.792. The van der Waals surface area contributed by atoms with Gasteiger partial charge in [-0.05, 0) is 25.3 Å². The van der Waals surface area contributed by atoms with Crippen molar-refractivity contribution in [1.29, 1.82) is 0 Å². The molecular formula is C10H14N2O4S. The van der Waals surface area contributed by atoms with Crippen LogP contribution in [0.2, 0.25) is 0 Å². The number of aryl methyl sites for hydroxylation is 1. The Kier molecular flexibility index (Phi) is 3.41. The SMILES string of the molecule is Cc1cnc([C@@H]2OCCC[C@H]2S(=O)(=O)O)nc1. The summed E-state index contributed by atoms with van der Waals surface area (Å²) in [5.74, 6) is 0.304. The van der Waals surface area contributed by atoms with E-state index >= 15 is 0 Å². The van der Waals surface area contributed by atoms with Gasteiger partial charge in [-0.15, -0.1) is 0 Å². The Hall–Kier alpha value is -1.05. The highest BCUT2D eigenvalue weighted by atomic mass is 32.2. The molecule has 0 saturated carbocycles. The second-order valence-electron chi connectivity index (χ2n) is 4.11. The lowest BCUT2D eigenvalue weighted by Gasteiger charge is -2.28. The molecule has 1 fully saturated rings. The molecule has 0 unspecified atom stereocenters. The first-order valence-corrected chi connectivity index (χ1v) is 6.85. The average Bonchev–Trinajstić information content (AvgIpc) is 2.29. The van der Waals surface area contributed by atoms with Crippen LogP contribution in [0.25, 0.3) is 0 Å².